The molecule has 3 rings (SSSR count). The van der Waals surface area contributed by atoms with E-state index in [1.807, 2.05) is 24.3 Å². The molecule has 0 saturated carbocycles. The predicted molar refractivity (Wildman–Crippen MR) is 83.2 cm³/mol. The number of benzene rings is 2. The molecule has 6 heteroatoms. The van der Waals surface area contributed by atoms with Crippen molar-refractivity contribution in [2.45, 2.75) is 0 Å². The molecule has 0 atom stereocenters. The average Bonchev–Trinajstić information content (AvgIpc) is 2.41. The SMILES string of the molecule is Nc1nc(Oc2ccc(Cl)cc2Br)c2ccccc2n1. The average molecular weight is 351 g/mol. The van der Waals surface area contributed by atoms with Crippen molar-refractivity contribution in [3.05, 3.63) is 52.0 Å². The summed E-state index contributed by atoms with van der Waals surface area (Å²) in [5.41, 5.74) is 6.44. The molecule has 4 nitrogen and oxygen atoms in total. The summed E-state index contributed by atoms with van der Waals surface area (Å²) in [6, 6.07) is 12.8. The van der Waals surface area contributed by atoms with Crippen LogP contribution in [-0.2, 0) is 0 Å². The van der Waals surface area contributed by atoms with Crippen molar-refractivity contribution in [3.63, 3.8) is 0 Å². The first-order chi connectivity index (χ1) is 9.63. The molecule has 0 aliphatic carbocycles. The van der Waals surface area contributed by atoms with Crippen LogP contribution in [0, 0.1) is 0 Å². The van der Waals surface area contributed by atoms with Gasteiger partial charge >= 0.3 is 0 Å². The smallest absolute Gasteiger partial charge is 0.232 e. The number of anilines is 1. The Morgan fingerprint density at radius 3 is 2.70 bits per heavy atom. The summed E-state index contributed by atoms with van der Waals surface area (Å²) >= 11 is 9.31. The second kappa shape index (κ2) is 5.26. The predicted octanol–water partition coefficient (Wildman–Crippen LogP) is 4.42. The molecule has 100 valence electrons. The van der Waals surface area contributed by atoms with Gasteiger partial charge in [-0.2, -0.15) is 4.98 Å². The van der Waals surface area contributed by atoms with Crippen LogP contribution in [-0.4, -0.2) is 9.97 Å². The highest BCUT2D eigenvalue weighted by atomic mass is 79.9. The summed E-state index contributed by atoms with van der Waals surface area (Å²) in [5.74, 6) is 1.19. The van der Waals surface area contributed by atoms with Crippen molar-refractivity contribution in [2.24, 2.45) is 0 Å². The molecule has 20 heavy (non-hydrogen) atoms. The van der Waals surface area contributed by atoms with Crippen LogP contribution in [0.5, 0.6) is 11.6 Å². The summed E-state index contributed by atoms with van der Waals surface area (Å²) < 4.78 is 6.56. The van der Waals surface area contributed by atoms with Crippen LogP contribution >= 0.6 is 27.5 Å². The number of nitrogens with two attached hydrogens (primary N) is 1. The minimum atomic E-state index is 0.170. The van der Waals surface area contributed by atoms with Gasteiger partial charge in [0.1, 0.15) is 5.75 Å². The van der Waals surface area contributed by atoms with Gasteiger partial charge in [0.25, 0.3) is 0 Å². The summed E-state index contributed by atoms with van der Waals surface area (Å²) in [6.07, 6.45) is 0. The van der Waals surface area contributed by atoms with Crippen molar-refractivity contribution in [1.82, 2.24) is 9.97 Å². The van der Waals surface area contributed by atoms with Crippen molar-refractivity contribution < 1.29 is 4.74 Å². The van der Waals surface area contributed by atoms with Crippen LogP contribution in [0.15, 0.2) is 46.9 Å². The van der Waals surface area contributed by atoms with Crippen LogP contribution in [0.3, 0.4) is 0 Å². The molecule has 1 aromatic heterocycles. The highest BCUT2D eigenvalue weighted by Gasteiger charge is 2.10. The van der Waals surface area contributed by atoms with Gasteiger partial charge in [-0.15, -0.1) is 0 Å². The monoisotopic (exact) mass is 349 g/mol. The Bertz CT molecular complexity index is 794. The van der Waals surface area contributed by atoms with Gasteiger partial charge in [-0.25, -0.2) is 4.98 Å². The molecule has 0 amide bonds. The largest absolute Gasteiger partial charge is 0.437 e. The van der Waals surface area contributed by atoms with Gasteiger partial charge in [0, 0.05) is 5.02 Å². The number of para-hydroxylation sites is 1. The van der Waals surface area contributed by atoms with Gasteiger partial charge in [-0.05, 0) is 46.3 Å². The topological polar surface area (TPSA) is 61.0 Å². The van der Waals surface area contributed by atoms with E-state index in [0.29, 0.717) is 16.7 Å². The molecule has 0 fully saturated rings. The second-order valence-corrected chi connectivity index (χ2v) is 5.37. The Kier molecular flexibility index (Phi) is 3.46. The van der Waals surface area contributed by atoms with E-state index in [2.05, 4.69) is 25.9 Å². The molecule has 2 aromatic carbocycles. The van der Waals surface area contributed by atoms with Crippen molar-refractivity contribution in [2.75, 3.05) is 5.73 Å². The first kappa shape index (κ1) is 13.1. The van der Waals surface area contributed by atoms with Crippen molar-refractivity contribution in [3.8, 4) is 11.6 Å². The number of rotatable bonds is 2. The maximum absolute atomic E-state index is 5.91. The zero-order chi connectivity index (χ0) is 14.1. The number of nitrogen functional groups attached to an aromatic ring is 1. The maximum Gasteiger partial charge on any atom is 0.232 e. The minimum absolute atomic E-state index is 0.170. The summed E-state index contributed by atoms with van der Waals surface area (Å²) in [7, 11) is 0. The lowest BCUT2D eigenvalue weighted by molar-refractivity contribution is 0.466. The van der Waals surface area contributed by atoms with E-state index in [0.717, 1.165) is 15.4 Å². The molecule has 1 heterocycles. The maximum atomic E-state index is 5.91. The highest BCUT2D eigenvalue weighted by Crippen LogP contribution is 2.34. The fourth-order valence-electron chi connectivity index (χ4n) is 1.80. The Labute approximate surface area is 128 Å². The molecule has 2 N–H and O–H groups in total. The van der Waals surface area contributed by atoms with Crippen LogP contribution < -0.4 is 10.5 Å². The Hall–Kier alpha value is -1.85. The van der Waals surface area contributed by atoms with E-state index in [-0.39, 0.29) is 5.95 Å². The Balaban J connectivity index is 2.10. The summed E-state index contributed by atoms with van der Waals surface area (Å²) in [4.78, 5) is 8.32. The van der Waals surface area contributed by atoms with Gasteiger partial charge in [0.2, 0.25) is 11.8 Å². The third kappa shape index (κ3) is 2.55. The molecular weight excluding hydrogens is 342 g/mol. The van der Waals surface area contributed by atoms with E-state index in [9.17, 15) is 0 Å². The fourth-order valence-corrected chi connectivity index (χ4v) is 2.57. The number of ether oxygens (including phenoxy) is 1. The Morgan fingerprint density at radius 2 is 1.90 bits per heavy atom. The lowest BCUT2D eigenvalue weighted by Gasteiger charge is -2.10. The number of hydrogen-bond acceptors (Lipinski definition) is 4. The molecule has 0 aliphatic heterocycles. The normalized spacial score (nSPS) is 10.7. The third-order valence-corrected chi connectivity index (χ3v) is 3.54. The first-order valence-corrected chi connectivity index (χ1v) is 6.96. The molecule has 0 radical (unpaired) electrons. The molecule has 0 bridgehead atoms. The van der Waals surface area contributed by atoms with E-state index >= 15 is 0 Å². The lowest BCUT2D eigenvalue weighted by atomic mass is 10.2. The molecule has 0 spiro atoms. The van der Waals surface area contributed by atoms with Crippen molar-refractivity contribution >= 4 is 44.4 Å². The van der Waals surface area contributed by atoms with Crippen LogP contribution in [0.4, 0.5) is 5.95 Å². The van der Waals surface area contributed by atoms with Gasteiger partial charge in [-0.3, -0.25) is 0 Å². The number of nitrogens with zero attached hydrogens (tertiary/aromatic N) is 2. The number of fused-ring (bicyclic) bond motifs is 1. The van der Waals surface area contributed by atoms with E-state index in [1.165, 1.54) is 0 Å². The number of aromatic nitrogens is 2. The number of halogens is 2. The molecular formula is C14H9BrClN3O. The first-order valence-electron chi connectivity index (χ1n) is 5.78. The molecule has 0 saturated heterocycles. The highest BCUT2D eigenvalue weighted by molar-refractivity contribution is 9.10. The Morgan fingerprint density at radius 1 is 1.10 bits per heavy atom. The minimum Gasteiger partial charge on any atom is -0.437 e. The molecule has 0 aliphatic rings. The summed E-state index contributed by atoms with van der Waals surface area (Å²) in [6.45, 7) is 0. The van der Waals surface area contributed by atoms with E-state index in [4.69, 9.17) is 22.1 Å². The quantitative estimate of drug-likeness (QED) is 0.743. The lowest BCUT2D eigenvalue weighted by Crippen LogP contribution is -1.98. The van der Waals surface area contributed by atoms with Crippen LogP contribution in [0.2, 0.25) is 5.02 Å². The zero-order valence-electron chi connectivity index (χ0n) is 10.2. The standard InChI is InChI=1S/C14H9BrClN3O/c15-10-7-8(16)5-6-12(10)20-13-9-3-1-2-4-11(9)18-14(17)19-13/h1-7H,(H2,17,18,19). The van der Waals surface area contributed by atoms with E-state index < -0.39 is 0 Å². The second-order valence-electron chi connectivity index (χ2n) is 4.08. The molecule has 3 aromatic rings. The van der Waals surface area contributed by atoms with Gasteiger partial charge < -0.3 is 10.5 Å². The van der Waals surface area contributed by atoms with Gasteiger partial charge in [0.15, 0.2) is 0 Å². The van der Waals surface area contributed by atoms with Gasteiger partial charge in [0.05, 0.1) is 15.4 Å². The number of hydrogen-bond donors (Lipinski definition) is 1. The van der Waals surface area contributed by atoms with Crippen LogP contribution in [0.1, 0.15) is 0 Å². The fraction of sp³-hybridized carbons (Fsp3) is 0. The van der Waals surface area contributed by atoms with E-state index in [1.54, 1.807) is 18.2 Å². The third-order valence-electron chi connectivity index (χ3n) is 2.69. The van der Waals surface area contributed by atoms with Crippen molar-refractivity contribution in [1.29, 1.82) is 0 Å². The summed E-state index contributed by atoms with van der Waals surface area (Å²) in [5, 5.41) is 1.42. The zero-order valence-corrected chi connectivity index (χ0v) is 12.5. The van der Waals surface area contributed by atoms with Gasteiger partial charge in [-0.1, -0.05) is 23.7 Å². The molecule has 0 unspecified atom stereocenters. The van der Waals surface area contributed by atoms with Crippen LogP contribution in [0.25, 0.3) is 10.9 Å².